The molecule has 0 aromatic rings. The minimum atomic E-state index is -0.355. The summed E-state index contributed by atoms with van der Waals surface area (Å²) in [6, 6.07) is -0.480. The van der Waals surface area contributed by atoms with Crippen LogP contribution in [-0.4, -0.2) is 54.5 Å². The van der Waals surface area contributed by atoms with Crippen molar-refractivity contribution in [3.8, 4) is 0 Å². The lowest BCUT2D eigenvalue weighted by atomic mass is 10.1. The van der Waals surface area contributed by atoms with Crippen LogP contribution >= 0.6 is 0 Å². The molecule has 1 rings (SSSR count). The second-order valence-electron chi connectivity index (χ2n) is 4.99. The zero-order valence-electron chi connectivity index (χ0n) is 11.7. The number of hydrogen-bond acceptors (Lipinski definition) is 4. The molecule has 1 N–H and O–H groups in total. The number of nitrogens with one attached hydrogen (secondary N) is 1. The van der Waals surface area contributed by atoms with Gasteiger partial charge in [0, 0.05) is 19.0 Å². The van der Waals surface area contributed by atoms with E-state index in [9.17, 15) is 9.59 Å². The van der Waals surface area contributed by atoms with Crippen molar-refractivity contribution in [2.24, 2.45) is 0 Å². The first-order chi connectivity index (χ1) is 8.47. The molecule has 5 heteroatoms. The van der Waals surface area contributed by atoms with Crippen LogP contribution in [0.2, 0.25) is 0 Å². The average Bonchev–Trinajstić information content (AvgIpc) is 2.36. The minimum Gasteiger partial charge on any atom is -0.378 e. The van der Waals surface area contributed by atoms with Crippen LogP contribution in [0.1, 0.15) is 34.1 Å². The molecule has 0 bridgehead atoms. The van der Waals surface area contributed by atoms with Gasteiger partial charge in [-0.2, -0.15) is 0 Å². The van der Waals surface area contributed by atoms with Crippen LogP contribution in [-0.2, 0) is 14.3 Å². The van der Waals surface area contributed by atoms with Gasteiger partial charge in [-0.3, -0.25) is 14.5 Å². The molecule has 1 aliphatic heterocycles. The number of morpholine rings is 1. The van der Waals surface area contributed by atoms with Crippen molar-refractivity contribution in [3.05, 3.63) is 0 Å². The van der Waals surface area contributed by atoms with Crippen LogP contribution in [0.4, 0.5) is 0 Å². The van der Waals surface area contributed by atoms with Crippen LogP contribution in [0.25, 0.3) is 0 Å². The van der Waals surface area contributed by atoms with Gasteiger partial charge in [0.2, 0.25) is 5.91 Å². The van der Waals surface area contributed by atoms with Crippen molar-refractivity contribution in [1.29, 1.82) is 0 Å². The zero-order chi connectivity index (χ0) is 13.7. The van der Waals surface area contributed by atoms with E-state index in [1.165, 1.54) is 0 Å². The van der Waals surface area contributed by atoms with Gasteiger partial charge in [-0.05, 0) is 20.8 Å². The number of carbonyl (C=O) groups excluding carboxylic acids is 2. The van der Waals surface area contributed by atoms with Crippen molar-refractivity contribution < 1.29 is 14.3 Å². The Kier molecular flexibility index (Phi) is 5.75. The molecule has 104 valence electrons. The first-order valence-electron chi connectivity index (χ1n) is 6.64. The van der Waals surface area contributed by atoms with E-state index >= 15 is 0 Å². The third-order valence-electron chi connectivity index (χ3n) is 3.22. The van der Waals surface area contributed by atoms with Crippen molar-refractivity contribution in [1.82, 2.24) is 10.2 Å². The van der Waals surface area contributed by atoms with Gasteiger partial charge in [-0.15, -0.1) is 0 Å². The molecular formula is C13H24N2O3. The van der Waals surface area contributed by atoms with Gasteiger partial charge < -0.3 is 10.1 Å². The van der Waals surface area contributed by atoms with Crippen LogP contribution < -0.4 is 5.32 Å². The molecule has 18 heavy (non-hydrogen) atoms. The summed E-state index contributed by atoms with van der Waals surface area (Å²) in [5.74, 6) is 0.111. The quantitative estimate of drug-likeness (QED) is 0.781. The Hall–Kier alpha value is -0.940. The average molecular weight is 256 g/mol. The van der Waals surface area contributed by atoms with Crippen LogP contribution in [0.15, 0.2) is 0 Å². The Bertz CT molecular complexity index is 305. The molecule has 1 saturated heterocycles. The highest BCUT2D eigenvalue weighted by molar-refractivity contribution is 5.86. The molecular weight excluding hydrogens is 232 g/mol. The third kappa shape index (κ3) is 3.78. The lowest BCUT2D eigenvalue weighted by molar-refractivity contribution is -0.138. The second kappa shape index (κ2) is 6.85. The molecule has 0 aliphatic carbocycles. The van der Waals surface area contributed by atoms with Crippen molar-refractivity contribution in [2.45, 2.75) is 52.2 Å². The van der Waals surface area contributed by atoms with Gasteiger partial charge in [0.15, 0.2) is 0 Å². The standard InChI is InChI=1S/C13H24N2O3/c1-5-12(16)10(4)15-6-7-18-8-11(15)13(17)14-9(2)3/h9-11H,5-8H2,1-4H3,(H,14,17). The highest BCUT2D eigenvalue weighted by Gasteiger charge is 2.34. The molecule has 1 aliphatic rings. The Balaban J connectivity index is 2.73. The minimum absolute atomic E-state index is 0.0551. The van der Waals surface area contributed by atoms with Crippen molar-refractivity contribution >= 4 is 11.7 Å². The van der Waals surface area contributed by atoms with Crippen LogP contribution in [0, 0.1) is 0 Å². The smallest absolute Gasteiger partial charge is 0.239 e. The maximum atomic E-state index is 12.1. The fourth-order valence-corrected chi connectivity index (χ4v) is 2.17. The summed E-state index contributed by atoms with van der Waals surface area (Å²) in [6.45, 7) is 9.13. The first kappa shape index (κ1) is 15.1. The van der Waals surface area contributed by atoms with Gasteiger partial charge in [-0.1, -0.05) is 6.92 Å². The van der Waals surface area contributed by atoms with E-state index in [1.807, 2.05) is 32.6 Å². The number of ketones is 1. The second-order valence-corrected chi connectivity index (χ2v) is 4.99. The van der Waals surface area contributed by atoms with Crippen LogP contribution in [0.3, 0.4) is 0 Å². The number of nitrogens with zero attached hydrogens (tertiary/aromatic N) is 1. The number of amides is 1. The van der Waals surface area contributed by atoms with Gasteiger partial charge in [0.25, 0.3) is 0 Å². The SMILES string of the molecule is CCC(=O)C(C)N1CCOCC1C(=O)NC(C)C. The Morgan fingerprint density at radius 3 is 2.61 bits per heavy atom. The molecule has 0 saturated carbocycles. The van der Waals surface area contributed by atoms with E-state index in [1.54, 1.807) is 0 Å². The number of ether oxygens (including phenoxy) is 1. The lowest BCUT2D eigenvalue weighted by Gasteiger charge is -2.38. The summed E-state index contributed by atoms with van der Waals surface area (Å²) in [5.41, 5.74) is 0. The van der Waals surface area contributed by atoms with E-state index in [4.69, 9.17) is 4.74 Å². The highest BCUT2D eigenvalue weighted by atomic mass is 16.5. The normalized spacial score (nSPS) is 22.8. The van der Waals surface area contributed by atoms with Crippen LogP contribution in [0.5, 0.6) is 0 Å². The summed E-state index contributed by atoms with van der Waals surface area (Å²) in [4.78, 5) is 25.8. The molecule has 1 amide bonds. The maximum absolute atomic E-state index is 12.1. The summed E-state index contributed by atoms with van der Waals surface area (Å²) in [5, 5.41) is 2.88. The fourth-order valence-electron chi connectivity index (χ4n) is 2.17. The van der Waals surface area contributed by atoms with Gasteiger partial charge in [-0.25, -0.2) is 0 Å². The number of hydrogen-bond donors (Lipinski definition) is 1. The first-order valence-corrected chi connectivity index (χ1v) is 6.64. The fraction of sp³-hybridized carbons (Fsp3) is 0.846. The Labute approximate surface area is 109 Å². The molecule has 2 unspecified atom stereocenters. The van der Waals surface area contributed by atoms with E-state index in [0.717, 1.165) is 0 Å². The lowest BCUT2D eigenvalue weighted by Crippen LogP contribution is -2.58. The van der Waals surface area contributed by atoms with Crippen molar-refractivity contribution in [3.63, 3.8) is 0 Å². The van der Waals surface area contributed by atoms with E-state index < -0.39 is 0 Å². The van der Waals surface area contributed by atoms with Crippen molar-refractivity contribution in [2.75, 3.05) is 19.8 Å². The Morgan fingerprint density at radius 1 is 1.39 bits per heavy atom. The molecule has 1 fully saturated rings. The van der Waals surface area contributed by atoms with Gasteiger partial charge in [0.1, 0.15) is 11.8 Å². The van der Waals surface area contributed by atoms with E-state index in [2.05, 4.69) is 5.32 Å². The molecule has 0 radical (unpaired) electrons. The predicted molar refractivity (Wildman–Crippen MR) is 69.4 cm³/mol. The molecule has 2 atom stereocenters. The molecule has 0 aromatic heterocycles. The molecule has 5 nitrogen and oxygen atoms in total. The number of Topliss-reactive ketones (excluding diaryl/α,β-unsaturated/α-hetero) is 1. The van der Waals surface area contributed by atoms with E-state index in [0.29, 0.717) is 26.2 Å². The zero-order valence-corrected chi connectivity index (χ0v) is 11.7. The van der Waals surface area contributed by atoms with E-state index in [-0.39, 0.29) is 29.8 Å². The Morgan fingerprint density at radius 2 is 2.06 bits per heavy atom. The molecule has 1 heterocycles. The third-order valence-corrected chi connectivity index (χ3v) is 3.22. The predicted octanol–water partition coefficient (Wildman–Crippen LogP) is 0.579. The monoisotopic (exact) mass is 256 g/mol. The summed E-state index contributed by atoms with van der Waals surface area (Å²) < 4.78 is 5.36. The number of carbonyl (C=O) groups is 2. The summed E-state index contributed by atoms with van der Waals surface area (Å²) in [7, 11) is 0. The van der Waals surface area contributed by atoms with Gasteiger partial charge in [0.05, 0.1) is 19.3 Å². The van der Waals surface area contributed by atoms with Gasteiger partial charge >= 0.3 is 0 Å². The number of rotatable bonds is 5. The largest absolute Gasteiger partial charge is 0.378 e. The molecule has 0 spiro atoms. The maximum Gasteiger partial charge on any atom is 0.239 e. The topological polar surface area (TPSA) is 58.6 Å². The summed E-state index contributed by atoms with van der Waals surface area (Å²) >= 11 is 0. The highest BCUT2D eigenvalue weighted by Crippen LogP contribution is 2.13. The molecule has 0 aromatic carbocycles. The summed E-state index contributed by atoms with van der Waals surface area (Å²) in [6.07, 6.45) is 0.497.